The lowest BCUT2D eigenvalue weighted by Gasteiger charge is -2.10. The van der Waals surface area contributed by atoms with E-state index in [2.05, 4.69) is 4.98 Å². The van der Waals surface area contributed by atoms with E-state index in [-0.39, 0.29) is 6.42 Å². The summed E-state index contributed by atoms with van der Waals surface area (Å²) in [6.07, 6.45) is 1.00. The zero-order valence-electron chi connectivity index (χ0n) is 9.15. The van der Waals surface area contributed by atoms with E-state index in [0.29, 0.717) is 10.6 Å². The lowest BCUT2D eigenvalue weighted by atomic mass is 10.1. The van der Waals surface area contributed by atoms with Gasteiger partial charge in [0.2, 0.25) is 0 Å². The van der Waals surface area contributed by atoms with Gasteiger partial charge in [-0.15, -0.1) is 11.3 Å². The maximum Gasteiger partial charge on any atom is 0.127 e. The lowest BCUT2D eigenvalue weighted by molar-refractivity contribution is 0.180. The number of aromatic nitrogens is 1. The van der Waals surface area contributed by atoms with E-state index in [9.17, 15) is 9.50 Å². The Morgan fingerprint density at radius 3 is 2.88 bits per heavy atom. The highest BCUT2D eigenvalue weighted by Gasteiger charge is 2.16. The van der Waals surface area contributed by atoms with Crippen LogP contribution in [0.15, 0.2) is 24.4 Å². The van der Waals surface area contributed by atoms with Crippen LogP contribution in [0.2, 0.25) is 5.02 Å². The second-order valence-electron chi connectivity index (χ2n) is 3.70. The molecule has 2 rings (SSSR count). The van der Waals surface area contributed by atoms with Crippen molar-refractivity contribution in [3.8, 4) is 0 Å². The highest BCUT2D eigenvalue weighted by molar-refractivity contribution is 7.11. The number of aliphatic hydroxyl groups is 1. The third-order valence-electron chi connectivity index (χ3n) is 2.43. The molecule has 1 aromatic carbocycles. The topological polar surface area (TPSA) is 33.1 Å². The maximum atomic E-state index is 13.5. The molecule has 17 heavy (non-hydrogen) atoms. The van der Waals surface area contributed by atoms with Crippen LogP contribution in [0.1, 0.15) is 21.6 Å². The van der Waals surface area contributed by atoms with Crippen LogP contribution in [-0.4, -0.2) is 10.1 Å². The minimum absolute atomic E-state index is 0.160. The van der Waals surface area contributed by atoms with Crippen molar-refractivity contribution in [3.05, 3.63) is 50.7 Å². The Morgan fingerprint density at radius 2 is 2.29 bits per heavy atom. The van der Waals surface area contributed by atoms with Crippen molar-refractivity contribution in [2.24, 2.45) is 0 Å². The fourth-order valence-electron chi connectivity index (χ4n) is 1.55. The van der Waals surface area contributed by atoms with E-state index >= 15 is 0 Å². The number of aliphatic hydroxyl groups excluding tert-OH is 1. The molecule has 0 radical (unpaired) electrons. The van der Waals surface area contributed by atoms with Gasteiger partial charge in [0.1, 0.15) is 5.82 Å². The summed E-state index contributed by atoms with van der Waals surface area (Å²) in [7, 11) is 0. The molecule has 1 heterocycles. The van der Waals surface area contributed by atoms with Gasteiger partial charge in [0, 0.05) is 23.2 Å². The normalized spacial score (nSPS) is 12.7. The molecule has 0 bridgehead atoms. The predicted molar refractivity (Wildman–Crippen MR) is 66.9 cm³/mol. The fourth-order valence-corrected chi connectivity index (χ4v) is 2.56. The summed E-state index contributed by atoms with van der Waals surface area (Å²) in [6.45, 7) is 1.86. The van der Waals surface area contributed by atoms with Gasteiger partial charge in [-0.3, -0.25) is 0 Å². The summed E-state index contributed by atoms with van der Waals surface area (Å²) < 4.78 is 13.5. The molecule has 2 nitrogen and oxygen atoms in total. The van der Waals surface area contributed by atoms with E-state index in [1.165, 1.54) is 17.4 Å². The van der Waals surface area contributed by atoms with Crippen LogP contribution in [0.4, 0.5) is 4.39 Å². The fraction of sp³-hybridized carbons (Fsp3) is 0.250. The first kappa shape index (κ1) is 12.5. The standard InChI is InChI=1S/C12H11ClFNOS/c1-7-15-6-12(17-7)11(16)5-8-9(13)3-2-4-10(8)14/h2-4,6,11,16H,5H2,1H3. The van der Waals surface area contributed by atoms with Crippen LogP contribution in [0.5, 0.6) is 0 Å². The van der Waals surface area contributed by atoms with Gasteiger partial charge in [0.25, 0.3) is 0 Å². The van der Waals surface area contributed by atoms with Crippen molar-refractivity contribution in [2.75, 3.05) is 0 Å². The zero-order valence-corrected chi connectivity index (χ0v) is 10.7. The summed E-state index contributed by atoms with van der Waals surface area (Å²) >= 11 is 7.30. The van der Waals surface area contributed by atoms with Crippen molar-refractivity contribution >= 4 is 22.9 Å². The Balaban J connectivity index is 2.21. The molecule has 0 spiro atoms. The second-order valence-corrected chi connectivity index (χ2v) is 5.38. The molecule has 0 aliphatic carbocycles. The molecule has 1 aromatic heterocycles. The van der Waals surface area contributed by atoms with Crippen LogP contribution in [-0.2, 0) is 6.42 Å². The number of halogens is 2. The van der Waals surface area contributed by atoms with Crippen molar-refractivity contribution in [2.45, 2.75) is 19.4 Å². The molecule has 1 N–H and O–H groups in total. The van der Waals surface area contributed by atoms with E-state index in [1.54, 1.807) is 18.3 Å². The average molecular weight is 272 g/mol. The van der Waals surface area contributed by atoms with Gasteiger partial charge in [-0.2, -0.15) is 0 Å². The summed E-state index contributed by atoms with van der Waals surface area (Å²) in [4.78, 5) is 4.78. The van der Waals surface area contributed by atoms with Crippen molar-refractivity contribution in [1.29, 1.82) is 0 Å². The van der Waals surface area contributed by atoms with Gasteiger partial charge in [0.05, 0.1) is 16.0 Å². The molecular formula is C12H11ClFNOS. The predicted octanol–water partition coefficient (Wildman–Crippen LogP) is 3.52. The molecule has 0 aliphatic heterocycles. The van der Waals surface area contributed by atoms with Gasteiger partial charge in [-0.1, -0.05) is 17.7 Å². The van der Waals surface area contributed by atoms with Crippen LogP contribution in [0.25, 0.3) is 0 Å². The highest BCUT2D eigenvalue weighted by atomic mass is 35.5. The molecule has 90 valence electrons. The Kier molecular flexibility index (Phi) is 3.76. The SMILES string of the molecule is Cc1ncc(C(O)Cc2c(F)cccc2Cl)s1. The Morgan fingerprint density at radius 1 is 1.53 bits per heavy atom. The largest absolute Gasteiger partial charge is 0.387 e. The quantitative estimate of drug-likeness (QED) is 0.927. The number of nitrogens with zero attached hydrogens (tertiary/aromatic N) is 1. The molecule has 1 atom stereocenters. The molecular weight excluding hydrogens is 261 g/mol. The van der Waals surface area contributed by atoms with Gasteiger partial charge < -0.3 is 5.11 Å². The van der Waals surface area contributed by atoms with Crippen LogP contribution in [0, 0.1) is 12.7 Å². The van der Waals surface area contributed by atoms with Crippen molar-refractivity contribution in [3.63, 3.8) is 0 Å². The third kappa shape index (κ3) is 2.83. The maximum absolute atomic E-state index is 13.5. The van der Waals surface area contributed by atoms with Gasteiger partial charge in [-0.25, -0.2) is 9.37 Å². The van der Waals surface area contributed by atoms with Crippen molar-refractivity contribution in [1.82, 2.24) is 4.98 Å². The molecule has 0 fully saturated rings. The van der Waals surface area contributed by atoms with Gasteiger partial charge >= 0.3 is 0 Å². The zero-order chi connectivity index (χ0) is 12.4. The van der Waals surface area contributed by atoms with Crippen LogP contribution in [0.3, 0.4) is 0 Å². The minimum atomic E-state index is -0.768. The molecule has 0 saturated heterocycles. The van der Waals surface area contributed by atoms with E-state index in [1.807, 2.05) is 6.92 Å². The molecule has 2 aromatic rings. The summed E-state index contributed by atoms with van der Waals surface area (Å²) in [5.41, 5.74) is 0.340. The molecule has 5 heteroatoms. The summed E-state index contributed by atoms with van der Waals surface area (Å²) in [6, 6.07) is 4.50. The van der Waals surface area contributed by atoms with Gasteiger partial charge in [0.15, 0.2) is 0 Å². The number of benzene rings is 1. The Bertz CT molecular complexity index is 509. The highest BCUT2D eigenvalue weighted by Crippen LogP contribution is 2.28. The van der Waals surface area contributed by atoms with Crippen LogP contribution >= 0.6 is 22.9 Å². The average Bonchev–Trinajstić information content (AvgIpc) is 2.70. The number of hydrogen-bond donors (Lipinski definition) is 1. The molecule has 0 saturated carbocycles. The van der Waals surface area contributed by atoms with Gasteiger partial charge in [-0.05, 0) is 19.1 Å². The molecule has 1 unspecified atom stereocenters. The lowest BCUT2D eigenvalue weighted by Crippen LogP contribution is -2.02. The first-order valence-electron chi connectivity index (χ1n) is 5.11. The monoisotopic (exact) mass is 271 g/mol. The third-order valence-corrected chi connectivity index (χ3v) is 3.79. The minimum Gasteiger partial charge on any atom is -0.387 e. The Labute approximate surface area is 108 Å². The molecule has 0 aliphatic rings. The van der Waals surface area contributed by atoms with Crippen molar-refractivity contribution < 1.29 is 9.50 Å². The first-order chi connectivity index (χ1) is 8.08. The first-order valence-corrected chi connectivity index (χ1v) is 6.30. The molecule has 0 amide bonds. The number of hydrogen-bond acceptors (Lipinski definition) is 3. The Hall–Kier alpha value is -0.970. The van der Waals surface area contributed by atoms with Crippen LogP contribution < -0.4 is 0 Å². The smallest absolute Gasteiger partial charge is 0.127 e. The second kappa shape index (κ2) is 5.12. The van der Waals surface area contributed by atoms with E-state index < -0.39 is 11.9 Å². The van der Waals surface area contributed by atoms with E-state index in [0.717, 1.165) is 9.88 Å². The number of thiazole rings is 1. The van der Waals surface area contributed by atoms with E-state index in [4.69, 9.17) is 11.6 Å². The summed E-state index contributed by atoms with van der Waals surface area (Å²) in [5.74, 6) is -0.391. The summed E-state index contributed by atoms with van der Waals surface area (Å²) in [5, 5.41) is 11.2. The number of aryl methyl sites for hydroxylation is 1. The number of rotatable bonds is 3.